The van der Waals surface area contributed by atoms with Gasteiger partial charge in [0.25, 0.3) is 0 Å². The van der Waals surface area contributed by atoms with Gasteiger partial charge in [-0.3, -0.25) is 0 Å². The minimum absolute atomic E-state index is 0.399. The van der Waals surface area contributed by atoms with Crippen molar-refractivity contribution in [1.29, 1.82) is 0 Å². The van der Waals surface area contributed by atoms with E-state index in [-0.39, 0.29) is 0 Å². The lowest BCUT2D eigenvalue weighted by molar-refractivity contribution is 0.415. The van der Waals surface area contributed by atoms with Gasteiger partial charge in [0.05, 0.1) is 12.8 Å². The smallest absolute Gasteiger partial charge is 0.159 e. The molecule has 2 aromatic carbocycles. The number of rotatable bonds is 3. The van der Waals surface area contributed by atoms with Gasteiger partial charge in [-0.2, -0.15) is 5.10 Å². The largest absolute Gasteiger partial charge is 0.497 e. The molecule has 0 saturated carbocycles. The molecule has 3 nitrogen and oxygen atoms in total. The highest BCUT2D eigenvalue weighted by Gasteiger charge is 2.09. The number of nitrogens with zero attached hydrogens (tertiary/aromatic N) is 2. The van der Waals surface area contributed by atoms with Gasteiger partial charge < -0.3 is 4.74 Å². The van der Waals surface area contributed by atoms with E-state index >= 15 is 0 Å². The minimum atomic E-state index is 0.399. The summed E-state index contributed by atoms with van der Waals surface area (Å²) in [6.45, 7) is 0. The van der Waals surface area contributed by atoms with Crippen LogP contribution in [0.5, 0.6) is 5.75 Å². The zero-order valence-electron chi connectivity index (χ0n) is 11.0. The third-order valence-electron chi connectivity index (χ3n) is 3.23. The topological polar surface area (TPSA) is 35.0 Å². The molecule has 100 valence electrons. The number of hydrogen-bond donors (Lipinski definition) is 0. The van der Waals surface area contributed by atoms with E-state index in [1.165, 1.54) is 5.56 Å². The quantitative estimate of drug-likeness (QED) is 0.732. The molecule has 0 aliphatic heterocycles. The number of hydrogen-bond acceptors (Lipinski definition) is 3. The lowest BCUT2D eigenvalue weighted by Gasteiger charge is -2.08. The molecule has 0 amide bonds. The van der Waals surface area contributed by atoms with Gasteiger partial charge in [-0.1, -0.05) is 41.9 Å². The molecule has 20 heavy (non-hydrogen) atoms. The standard InChI is InChI=1S/C16H13ClN2O/c1-20-12-7-8-13-14(10-12)16(17)19-18-15(13)9-11-5-3-2-4-6-11/h2-8,10H,9H2,1H3. The Balaban J connectivity index is 2.10. The van der Waals surface area contributed by atoms with Gasteiger partial charge in [0.1, 0.15) is 5.75 Å². The Morgan fingerprint density at radius 2 is 1.80 bits per heavy atom. The average molecular weight is 285 g/mol. The summed E-state index contributed by atoms with van der Waals surface area (Å²) in [5.74, 6) is 0.762. The van der Waals surface area contributed by atoms with Crippen molar-refractivity contribution in [3.8, 4) is 5.75 Å². The van der Waals surface area contributed by atoms with Gasteiger partial charge in [0, 0.05) is 17.2 Å². The summed E-state index contributed by atoms with van der Waals surface area (Å²) >= 11 is 6.13. The van der Waals surface area contributed by atoms with E-state index in [2.05, 4.69) is 22.3 Å². The summed E-state index contributed by atoms with van der Waals surface area (Å²) in [5.41, 5.74) is 2.11. The van der Waals surface area contributed by atoms with Crippen molar-refractivity contribution in [2.75, 3.05) is 7.11 Å². The van der Waals surface area contributed by atoms with Crippen LogP contribution in [0.1, 0.15) is 11.3 Å². The first-order valence-corrected chi connectivity index (χ1v) is 6.68. The lowest BCUT2D eigenvalue weighted by atomic mass is 10.0. The molecule has 0 unspecified atom stereocenters. The van der Waals surface area contributed by atoms with Crippen molar-refractivity contribution in [2.45, 2.75) is 6.42 Å². The second-order valence-electron chi connectivity index (χ2n) is 4.51. The molecule has 0 spiro atoms. The number of halogens is 1. The van der Waals surface area contributed by atoms with Gasteiger partial charge in [-0.05, 0) is 23.8 Å². The fourth-order valence-corrected chi connectivity index (χ4v) is 2.40. The van der Waals surface area contributed by atoms with E-state index in [1.54, 1.807) is 7.11 Å². The third-order valence-corrected chi connectivity index (χ3v) is 3.51. The van der Waals surface area contributed by atoms with Crippen molar-refractivity contribution in [3.63, 3.8) is 0 Å². The van der Waals surface area contributed by atoms with E-state index in [0.717, 1.165) is 28.6 Å². The van der Waals surface area contributed by atoms with Crippen molar-refractivity contribution >= 4 is 22.4 Å². The Bertz CT molecular complexity index is 744. The van der Waals surface area contributed by atoms with Gasteiger partial charge in [-0.15, -0.1) is 5.10 Å². The highest BCUT2D eigenvalue weighted by atomic mass is 35.5. The summed E-state index contributed by atoms with van der Waals surface area (Å²) in [4.78, 5) is 0. The molecule has 0 atom stereocenters. The van der Waals surface area contributed by atoms with E-state index < -0.39 is 0 Å². The number of methoxy groups -OCH3 is 1. The number of ether oxygens (including phenoxy) is 1. The highest BCUT2D eigenvalue weighted by Crippen LogP contribution is 2.28. The molecule has 4 heteroatoms. The monoisotopic (exact) mass is 284 g/mol. The first-order chi connectivity index (χ1) is 9.78. The van der Waals surface area contributed by atoms with Crippen LogP contribution >= 0.6 is 11.6 Å². The van der Waals surface area contributed by atoms with Gasteiger partial charge in [0.15, 0.2) is 5.15 Å². The van der Waals surface area contributed by atoms with Gasteiger partial charge in [0.2, 0.25) is 0 Å². The van der Waals surface area contributed by atoms with Crippen LogP contribution in [-0.2, 0) is 6.42 Å². The van der Waals surface area contributed by atoms with Gasteiger partial charge >= 0.3 is 0 Å². The van der Waals surface area contributed by atoms with Crippen LogP contribution in [0.25, 0.3) is 10.8 Å². The highest BCUT2D eigenvalue weighted by molar-refractivity contribution is 6.34. The number of benzene rings is 2. The average Bonchev–Trinajstić information content (AvgIpc) is 2.51. The lowest BCUT2D eigenvalue weighted by Crippen LogP contribution is -1.97. The van der Waals surface area contributed by atoms with E-state index in [1.807, 2.05) is 36.4 Å². The molecule has 0 aliphatic carbocycles. The van der Waals surface area contributed by atoms with Crippen molar-refractivity contribution in [1.82, 2.24) is 10.2 Å². The van der Waals surface area contributed by atoms with Crippen LogP contribution < -0.4 is 4.74 Å². The maximum absolute atomic E-state index is 6.13. The van der Waals surface area contributed by atoms with Crippen LogP contribution in [0.15, 0.2) is 48.5 Å². The Kier molecular flexibility index (Phi) is 3.52. The van der Waals surface area contributed by atoms with Crippen LogP contribution in [-0.4, -0.2) is 17.3 Å². The molecule has 0 radical (unpaired) electrons. The Labute approximate surface area is 122 Å². The van der Waals surface area contributed by atoms with Crippen LogP contribution in [0, 0.1) is 0 Å². The molecule has 3 rings (SSSR count). The molecule has 0 N–H and O–H groups in total. The number of fused-ring (bicyclic) bond motifs is 1. The Morgan fingerprint density at radius 3 is 2.55 bits per heavy atom. The fourth-order valence-electron chi connectivity index (χ4n) is 2.20. The predicted octanol–water partition coefficient (Wildman–Crippen LogP) is 3.88. The SMILES string of the molecule is COc1ccc2c(Cc3ccccc3)nnc(Cl)c2c1. The molecular weight excluding hydrogens is 272 g/mol. The van der Waals surface area contributed by atoms with Crippen LogP contribution in [0.2, 0.25) is 5.15 Å². The second kappa shape index (κ2) is 5.47. The van der Waals surface area contributed by atoms with Crippen LogP contribution in [0.4, 0.5) is 0 Å². The van der Waals surface area contributed by atoms with E-state index in [4.69, 9.17) is 16.3 Å². The first kappa shape index (κ1) is 12.9. The third kappa shape index (κ3) is 2.45. The molecule has 0 saturated heterocycles. The van der Waals surface area contributed by atoms with Crippen LogP contribution in [0.3, 0.4) is 0 Å². The second-order valence-corrected chi connectivity index (χ2v) is 4.87. The first-order valence-electron chi connectivity index (χ1n) is 6.30. The predicted molar refractivity (Wildman–Crippen MR) is 80.3 cm³/mol. The Hall–Kier alpha value is -2.13. The summed E-state index contributed by atoms with van der Waals surface area (Å²) < 4.78 is 5.23. The minimum Gasteiger partial charge on any atom is -0.497 e. The molecular formula is C16H13ClN2O. The summed E-state index contributed by atoms with van der Waals surface area (Å²) in [7, 11) is 1.63. The van der Waals surface area contributed by atoms with Crippen molar-refractivity contribution < 1.29 is 4.74 Å². The summed E-state index contributed by atoms with van der Waals surface area (Å²) in [5, 5.41) is 10.5. The zero-order valence-corrected chi connectivity index (χ0v) is 11.8. The summed E-state index contributed by atoms with van der Waals surface area (Å²) in [6.07, 6.45) is 0.730. The molecule has 0 fully saturated rings. The van der Waals surface area contributed by atoms with Gasteiger partial charge in [-0.25, -0.2) is 0 Å². The normalized spacial score (nSPS) is 10.7. The zero-order chi connectivity index (χ0) is 13.9. The fraction of sp³-hybridized carbons (Fsp3) is 0.125. The molecule has 0 bridgehead atoms. The summed E-state index contributed by atoms with van der Waals surface area (Å²) in [6, 6.07) is 16.0. The molecule has 3 aromatic rings. The molecule has 1 aromatic heterocycles. The number of aromatic nitrogens is 2. The van der Waals surface area contributed by atoms with Crippen molar-refractivity contribution in [2.24, 2.45) is 0 Å². The molecule has 1 heterocycles. The maximum atomic E-state index is 6.13. The Morgan fingerprint density at radius 1 is 1.00 bits per heavy atom. The van der Waals surface area contributed by atoms with E-state index in [0.29, 0.717) is 5.15 Å². The molecule has 0 aliphatic rings. The van der Waals surface area contributed by atoms with Crippen molar-refractivity contribution in [3.05, 3.63) is 64.9 Å². The maximum Gasteiger partial charge on any atom is 0.159 e. The van der Waals surface area contributed by atoms with E-state index in [9.17, 15) is 0 Å².